The molecule has 354 valence electrons. The summed E-state index contributed by atoms with van der Waals surface area (Å²) in [6.07, 6.45) is 3.55. The van der Waals surface area contributed by atoms with Gasteiger partial charge < -0.3 is 51.5 Å². The summed E-state index contributed by atoms with van der Waals surface area (Å²) < 4.78 is 0. The number of amides is 10. The number of hydrogen-bond acceptors (Lipinski definition) is 12. The minimum Gasteiger partial charge on any atom is -0.353 e. The van der Waals surface area contributed by atoms with Crippen molar-refractivity contribution in [3.63, 3.8) is 0 Å². The Morgan fingerprint density at radius 2 is 0.859 bits per heavy atom. The topological polar surface area (TPSA) is 256 Å². The third-order valence-electron chi connectivity index (χ3n) is 13.0. The van der Waals surface area contributed by atoms with E-state index in [0.29, 0.717) is 89.1 Å². The Bertz CT molecular complexity index is 1690. The van der Waals surface area contributed by atoms with Gasteiger partial charge in [-0.05, 0) is 63.2 Å². The maximum absolute atomic E-state index is 13.7. The van der Waals surface area contributed by atoms with E-state index in [1.54, 1.807) is 27.7 Å². The Morgan fingerprint density at radius 1 is 0.516 bits per heavy atom. The summed E-state index contributed by atoms with van der Waals surface area (Å²) in [6, 6.07) is -7.47. The predicted molar refractivity (Wildman–Crippen MR) is 237 cm³/mol. The number of nitrogens with zero attached hydrogens (tertiary/aromatic N) is 4. The van der Waals surface area contributed by atoms with Crippen LogP contribution in [0.2, 0.25) is 0 Å². The first-order valence-corrected chi connectivity index (χ1v) is 25.3. The number of carbonyl (C=O) groups is 10. The van der Waals surface area contributed by atoms with Crippen molar-refractivity contribution >= 4 is 80.7 Å². The summed E-state index contributed by atoms with van der Waals surface area (Å²) in [5.41, 5.74) is 0. The molecule has 0 radical (unpaired) electrons. The molecule has 6 rings (SSSR count). The van der Waals surface area contributed by atoms with Crippen LogP contribution in [0, 0.1) is 11.8 Å². The smallest absolute Gasteiger partial charge is 0.246 e. The number of fused-ring (bicyclic) bond motifs is 4. The Balaban J connectivity index is 1.00. The van der Waals surface area contributed by atoms with Crippen LogP contribution in [0.4, 0.5) is 0 Å². The maximum atomic E-state index is 13.7. The minimum atomic E-state index is -1.25. The molecular formula is C42H64N10O10S2. The van der Waals surface area contributed by atoms with Crippen LogP contribution in [-0.4, -0.2) is 178 Å². The van der Waals surface area contributed by atoms with Gasteiger partial charge in [-0.2, -0.15) is 0 Å². The zero-order valence-electron chi connectivity index (χ0n) is 37.2. The molecule has 0 bridgehead atoms. The van der Waals surface area contributed by atoms with Crippen molar-refractivity contribution in [2.24, 2.45) is 11.8 Å². The third kappa shape index (κ3) is 11.4. The molecular weight excluding hydrogens is 869 g/mol. The normalized spacial score (nSPS) is 29.8. The van der Waals surface area contributed by atoms with Crippen LogP contribution >= 0.6 is 21.6 Å². The standard InChI is InChI=1S/C42H64N10O10S2/c1-23(2)33-39(59)45-25(21-31(53)49-15-7-11-29(49)41(61)51-17-5-9-27(51)37(57)47-33)35(55)43-13-19-63-64-20-14-44-36(56)26-22-32(54)50-16-8-12-30(50)42(62)52-18-6-10-28(52)38(58)48-34(24(3)4)40(60)46-26/h23-30,33-34H,5-22H2,1-4H3,(H,43,55)(H,44,56)(H,45,59)(H,46,60)(H,47,57)(H,48,58)/t25-,26-,27-,28-,29+,30+,33-,34-/m0/s1. The zero-order chi connectivity index (χ0) is 46.2. The van der Waals surface area contributed by atoms with Gasteiger partial charge in [-0.1, -0.05) is 49.3 Å². The zero-order valence-corrected chi connectivity index (χ0v) is 38.8. The summed E-state index contributed by atoms with van der Waals surface area (Å²) in [6.45, 7) is 8.84. The van der Waals surface area contributed by atoms with Gasteiger partial charge in [0.15, 0.2) is 0 Å². The molecule has 6 fully saturated rings. The van der Waals surface area contributed by atoms with Gasteiger partial charge in [-0.25, -0.2) is 0 Å². The van der Waals surface area contributed by atoms with E-state index < -0.39 is 95.6 Å². The molecule has 6 saturated heterocycles. The first-order chi connectivity index (χ1) is 30.6. The molecule has 10 amide bonds. The second-order valence-electron chi connectivity index (χ2n) is 18.1. The monoisotopic (exact) mass is 932 g/mol. The molecule has 0 aromatic heterocycles. The fourth-order valence-corrected chi connectivity index (χ4v) is 11.3. The largest absolute Gasteiger partial charge is 0.353 e. The quantitative estimate of drug-likeness (QED) is 0.104. The van der Waals surface area contributed by atoms with Crippen molar-refractivity contribution in [3.05, 3.63) is 0 Å². The highest BCUT2D eigenvalue weighted by Gasteiger charge is 2.46. The first-order valence-electron chi connectivity index (χ1n) is 22.8. The second-order valence-corrected chi connectivity index (χ2v) is 20.8. The Kier molecular flexibility index (Phi) is 16.8. The number of nitrogens with one attached hydrogen (secondary N) is 6. The molecule has 0 unspecified atom stereocenters. The number of hydrogen-bond donors (Lipinski definition) is 6. The molecule has 8 atom stereocenters. The van der Waals surface area contributed by atoms with E-state index in [0.717, 1.165) is 0 Å². The van der Waals surface area contributed by atoms with Crippen molar-refractivity contribution in [2.45, 2.75) is 140 Å². The molecule has 0 spiro atoms. The van der Waals surface area contributed by atoms with Crippen LogP contribution in [0.15, 0.2) is 0 Å². The van der Waals surface area contributed by atoms with Gasteiger partial charge in [0.25, 0.3) is 0 Å². The van der Waals surface area contributed by atoms with Crippen LogP contribution in [0.3, 0.4) is 0 Å². The molecule has 64 heavy (non-hydrogen) atoms. The second kappa shape index (κ2) is 22.1. The van der Waals surface area contributed by atoms with Gasteiger partial charge in [0.1, 0.15) is 48.3 Å². The van der Waals surface area contributed by atoms with E-state index in [1.807, 2.05) is 0 Å². The molecule has 0 saturated carbocycles. The third-order valence-corrected chi connectivity index (χ3v) is 15.4. The average molecular weight is 933 g/mol. The van der Waals surface area contributed by atoms with Crippen molar-refractivity contribution < 1.29 is 47.9 Å². The van der Waals surface area contributed by atoms with Crippen molar-refractivity contribution in [2.75, 3.05) is 50.8 Å². The molecule has 0 aromatic rings. The average Bonchev–Trinajstić information content (AvgIpc) is 4.10. The van der Waals surface area contributed by atoms with Gasteiger partial charge in [-0.3, -0.25) is 47.9 Å². The van der Waals surface area contributed by atoms with E-state index in [2.05, 4.69) is 31.9 Å². The van der Waals surface area contributed by atoms with Crippen LogP contribution < -0.4 is 31.9 Å². The predicted octanol–water partition coefficient (Wildman–Crippen LogP) is -1.38. The van der Waals surface area contributed by atoms with Crippen molar-refractivity contribution in [1.29, 1.82) is 0 Å². The van der Waals surface area contributed by atoms with Gasteiger partial charge >= 0.3 is 0 Å². The molecule has 6 N–H and O–H groups in total. The summed E-state index contributed by atoms with van der Waals surface area (Å²) in [4.78, 5) is 142. The minimum absolute atomic E-state index is 0.178. The van der Waals surface area contributed by atoms with Gasteiger partial charge in [-0.15, -0.1) is 0 Å². The fourth-order valence-electron chi connectivity index (χ4n) is 9.52. The summed E-state index contributed by atoms with van der Waals surface area (Å²) in [5.74, 6) is -4.55. The van der Waals surface area contributed by atoms with E-state index in [1.165, 1.54) is 41.2 Å². The van der Waals surface area contributed by atoms with Gasteiger partial charge in [0, 0.05) is 50.8 Å². The molecule has 6 aliphatic rings. The maximum Gasteiger partial charge on any atom is 0.246 e. The molecule has 6 aliphatic heterocycles. The van der Waals surface area contributed by atoms with Gasteiger partial charge in [0.2, 0.25) is 59.1 Å². The highest BCUT2D eigenvalue weighted by atomic mass is 33.1. The summed E-state index contributed by atoms with van der Waals surface area (Å²) in [5, 5.41) is 16.6. The van der Waals surface area contributed by atoms with E-state index in [-0.39, 0.29) is 49.6 Å². The summed E-state index contributed by atoms with van der Waals surface area (Å²) >= 11 is 0. The van der Waals surface area contributed by atoms with Crippen LogP contribution in [-0.2, 0) is 47.9 Å². The fraction of sp³-hybridized carbons (Fsp3) is 0.762. The number of carbonyl (C=O) groups excluding carboxylic acids is 10. The Morgan fingerprint density at radius 3 is 1.22 bits per heavy atom. The molecule has 0 aliphatic carbocycles. The van der Waals surface area contributed by atoms with Crippen molar-refractivity contribution in [3.8, 4) is 0 Å². The van der Waals surface area contributed by atoms with E-state index >= 15 is 0 Å². The first kappa shape index (κ1) is 48.8. The Hall–Kier alpha value is -4.60. The lowest BCUT2D eigenvalue weighted by Gasteiger charge is -2.31. The van der Waals surface area contributed by atoms with Crippen LogP contribution in [0.1, 0.15) is 91.9 Å². The highest BCUT2D eigenvalue weighted by Crippen LogP contribution is 2.28. The lowest BCUT2D eigenvalue weighted by Crippen LogP contribution is -2.58. The summed E-state index contributed by atoms with van der Waals surface area (Å²) in [7, 11) is 2.82. The number of rotatable bonds is 11. The highest BCUT2D eigenvalue weighted by molar-refractivity contribution is 8.76. The van der Waals surface area contributed by atoms with Crippen molar-refractivity contribution in [1.82, 2.24) is 51.5 Å². The molecule has 6 heterocycles. The molecule has 20 nitrogen and oxygen atoms in total. The SMILES string of the molecule is CC(C)[C@@H]1NC(=O)[C@@H]2CCCN2C(=O)[C@H]2CCCN2C(=O)C[C@@H](C(=O)NCCSSCCNC(=O)[C@@H]2CC(=O)N3CCC[C@@H]3C(=O)N3CCC[C@H]3C(=O)N[C@@H](C(C)C)C(=O)N2)NC1=O. The van der Waals surface area contributed by atoms with Crippen LogP contribution in [0.5, 0.6) is 0 Å². The molecule has 22 heteroatoms. The Labute approximate surface area is 381 Å². The lowest BCUT2D eigenvalue weighted by atomic mass is 10.0. The van der Waals surface area contributed by atoms with E-state index in [9.17, 15) is 47.9 Å². The molecule has 0 aromatic carbocycles. The van der Waals surface area contributed by atoms with Crippen LogP contribution in [0.25, 0.3) is 0 Å². The van der Waals surface area contributed by atoms with E-state index in [4.69, 9.17) is 0 Å². The van der Waals surface area contributed by atoms with Gasteiger partial charge in [0.05, 0.1) is 12.8 Å². The lowest BCUT2D eigenvalue weighted by molar-refractivity contribution is -0.147.